The van der Waals surface area contributed by atoms with E-state index in [4.69, 9.17) is 10.2 Å². The van der Waals surface area contributed by atoms with Crippen molar-refractivity contribution in [2.45, 2.75) is 87.0 Å². The van der Waals surface area contributed by atoms with Gasteiger partial charge < -0.3 is 10.2 Å². The van der Waals surface area contributed by atoms with Gasteiger partial charge in [0.2, 0.25) is 0 Å². The third-order valence-electron chi connectivity index (χ3n) is 4.09. The van der Waals surface area contributed by atoms with Gasteiger partial charge in [0, 0.05) is 0 Å². The highest BCUT2D eigenvalue weighted by Crippen LogP contribution is 2.11. The summed E-state index contributed by atoms with van der Waals surface area (Å²) in [5.74, 6) is 0. The third kappa shape index (κ3) is 24.6. The van der Waals surface area contributed by atoms with Gasteiger partial charge in [0.05, 0.1) is 13.2 Å². The zero-order valence-electron chi connectivity index (χ0n) is 18.9. The number of rotatable bonds is 11. The molecule has 156 valence electrons. The van der Waals surface area contributed by atoms with Crippen molar-refractivity contribution in [3.05, 3.63) is 58.2 Å². The van der Waals surface area contributed by atoms with E-state index in [-0.39, 0.29) is 13.2 Å². The lowest BCUT2D eigenvalue weighted by Crippen LogP contribution is -1.82. The van der Waals surface area contributed by atoms with Gasteiger partial charge in [-0.2, -0.15) is 0 Å². The van der Waals surface area contributed by atoms with Crippen molar-refractivity contribution in [2.24, 2.45) is 0 Å². The second-order valence-electron chi connectivity index (χ2n) is 7.70. The van der Waals surface area contributed by atoms with Crippen molar-refractivity contribution < 1.29 is 10.2 Å². The van der Waals surface area contributed by atoms with Crippen molar-refractivity contribution in [3.8, 4) is 0 Å². The lowest BCUT2D eigenvalue weighted by Gasteiger charge is -2.00. The molecule has 0 saturated carbocycles. The Morgan fingerprint density at radius 1 is 0.481 bits per heavy atom. The van der Waals surface area contributed by atoms with Gasteiger partial charge >= 0.3 is 0 Å². The fraction of sp³-hybridized carbons (Fsp3) is 0.600. The second-order valence-corrected chi connectivity index (χ2v) is 7.70. The van der Waals surface area contributed by atoms with Crippen LogP contribution in [0, 0.1) is 0 Å². The van der Waals surface area contributed by atoms with Crippen LogP contribution in [0.4, 0.5) is 0 Å². The Morgan fingerprint density at radius 3 is 1.07 bits per heavy atom. The first kappa shape index (κ1) is 27.8. The molecule has 0 aliphatic rings. The molecule has 0 heterocycles. The zero-order chi connectivity index (χ0) is 21.1. The highest BCUT2D eigenvalue weighted by molar-refractivity contribution is 5.05. The SMILES string of the molecule is CC(C)=CCCC(C)=CCCC(C)=CCO.CC(C)=CCCC(C)=CCO. The molecule has 0 saturated heterocycles. The van der Waals surface area contributed by atoms with Crippen LogP contribution in [0.3, 0.4) is 0 Å². The highest BCUT2D eigenvalue weighted by atomic mass is 16.3. The van der Waals surface area contributed by atoms with Gasteiger partial charge in [0.25, 0.3) is 0 Å². The standard InChI is InChI=1S/C15H26O.C10H18O/c1-13(2)7-5-8-14(3)9-6-10-15(4)11-12-16;1-9(2)5-4-6-10(3)7-8-11/h7,9,11,16H,5-6,8,10,12H2,1-4H3;5,7,11H,4,6,8H2,1-3H3. The van der Waals surface area contributed by atoms with Crippen LogP contribution < -0.4 is 0 Å². The van der Waals surface area contributed by atoms with Gasteiger partial charge in [0.15, 0.2) is 0 Å². The monoisotopic (exact) mass is 376 g/mol. The molecule has 0 rings (SSSR count). The summed E-state index contributed by atoms with van der Waals surface area (Å²) in [4.78, 5) is 0. The highest BCUT2D eigenvalue weighted by Gasteiger charge is 1.91. The third-order valence-corrected chi connectivity index (χ3v) is 4.09. The average molecular weight is 377 g/mol. The summed E-state index contributed by atoms with van der Waals surface area (Å²) < 4.78 is 0. The number of hydrogen-bond acceptors (Lipinski definition) is 2. The first-order valence-electron chi connectivity index (χ1n) is 10.2. The molecule has 0 amide bonds. The van der Waals surface area contributed by atoms with Crippen LogP contribution in [0.25, 0.3) is 0 Å². The van der Waals surface area contributed by atoms with E-state index in [1.165, 1.54) is 27.9 Å². The predicted octanol–water partition coefficient (Wildman–Crippen LogP) is 7.07. The minimum absolute atomic E-state index is 0.162. The largest absolute Gasteiger partial charge is 0.392 e. The molecule has 0 bridgehead atoms. The van der Waals surface area contributed by atoms with Gasteiger partial charge in [-0.05, 0) is 87.0 Å². The van der Waals surface area contributed by atoms with E-state index >= 15 is 0 Å². The first-order valence-corrected chi connectivity index (χ1v) is 10.2. The van der Waals surface area contributed by atoms with Crippen LogP contribution in [0.1, 0.15) is 87.0 Å². The first-order chi connectivity index (χ1) is 12.7. The summed E-state index contributed by atoms with van der Waals surface area (Å²) >= 11 is 0. The van der Waals surface area contributed by atoms with E-state index < -0.39 is 0 Å². The Hall–Kier alpha value is -1.38. The predicted molar refractivity (Wildman–Crippen MR) is 122 cm³/mol. The van der Waals surface area contributed by atoms with Crippen molar-refractivity contribution in [1.82, 2.24) is 0 Å². The molecule has 0 aromatic heterocycles. The number of aliphatic hydroxyl groups is 2. The van der Waals surface area contributed by atoms with Crippen molar-refractivity contribution in [2.75, 3.05) is 13.2 Å². The molecular formula is C25H44O2. The Balaban J connectivity index is 0. The molecular weight excluding hydrogens is 332 g/mol. The van der Waals surface area contributed by atoms with Crippen LogP contribution in [-0.4, -0.2) is 23.4 Å². The molecule has 2 nitrogen and oxygen atoms in total. The summed E-state index contributed by atoms with van der Waals surface area (Å²) in [7, 11) is 0. The molecule has 2 N–H and O–H groups in total. The van der Waals surface area contributed by atoms with Crippen LogP contribution in [0.2, 0.25) is 0 Å². The molecule has 0 spiro atoms. The van der Waals surface area contributed by atoms with Crippen molar-refractivity contribution in [1.29, 1.82) is 0 Å². The van der Waals surface area contributed by atoms with E-state index in [2.05, 4.69) is 66.7 Å². The van der Waals surface area contributed by atoms with Gasteiger partial charge in [0.1, 0.15) is 0 Å². The molecule has 27 heavy (non-hydrogen) atoms. The number of allylic oxidation sites excluding steroid dienone is 8. The summed E-state index contributed by atoms with van der Waals surface area (Å²) in [5, 5.41) is 17.3. The fourth-order valence-electron chi connectivity index (χ4n) is 2.34. The molecule has 2 heteroatoms. The van der Waals surface area contributed by atoms with Crippen molar-refractivity contribution >= 4 is 0 Å². The van der Waals surface area contributed by atoms with E-state index in [0.29, 0.717) is 0 Å². The maximum absolute atomic E-state index is 8.72. The van der Waals surface area contributed by atoms with Crippen LogP contribution >= 0.6 is 0 Å². The fourth-order valence-corrected chi connectivity index (χ4v) is 2.34. The molecule has 0 aromatic rings. The van der Waals surface area contributed by atoms with E-state index in [0.717, 1.165) is 38.5 Å². The number of hydrogen-bond donors (Lipinski definition) is 2. The minimum atomic E-state index is 0.162. The maximum Gasteiger partial charge on any atom is 0.0614 e. The van der Waals surface area contributed by atoms with Gasteiger partial charge in [-0.25, -0.2) is 0 Å². The Bertz CT molecular complexity index is 508. The average Bonchev–Trinajstić information content (AvgIpc) is 2.55. The van der Waals surface area contributed by atoms with Gasteiger partial charge in [-0.3, -0.25) is 0 Å². The van der Waals surface area contributed by atoms with Gasteiger partial charge in [-0.1, -0.05) is 58.2 Å². The van der Waals surface area contributed by atoms with Crippen LogP contribution in [0.15, 0.2) is 58.2 Å². The summed E-state index contributed by atoms with van der Waals surface area (Å²) in [6.07, 6.45) is 17.2. The molecule has 0 fully saturated rings. The van der Waals surface area contributed by atoms with E-state index in [1.54, 1.807) is 0 Å². The maximum atomic E-state index is 8.72. The summed E-state index contributed by atoms with van der Waals surface area (Å²) in [6.45, 7) is 15.1. The topological polar surface area (TPSA) is 40.5 Å². The molecule has 0 aromatic carbocycles. The van der Waals surface area contributed by atoms with Crippen LogP contribution in [-0.2, 0) is 0 Å². The summed E-state index contributed by atoms with van der Waals surface area (Å²) in [5.41, 5.74) is 6.77. The lowest BCUT2D eigenvalue weighted by atomic mass is 10.1. The zero-order valence-corrected chi connectivity index (χ0v) is 18.9. The van der Waals surface area contributed by atoms with Crippen molar-refractivity contribution in [3.63, 3.8) is 0 Å². The minimum Gasteiger partial charge on any atom is -0.392 e. The Labute approximate surface area is 169 Å². The Kier molecular flexibility index (Phi) is 20.0. The van der Waals surface area contributed by atoms with E-state index in [1.807, 2.05) is 12.2 Å². The Morgan fingerprint density at radius 2 is 0.778 bits per heavy atom. The second kappa shape index (κ2) is 19.4. The summed E-state index contributed by atoms with van der Waals surface area (Å²) in [6, 6.07) is 0. The van der Waals surface area contributed by atoms with E-state index in [9.17, 15) is 0 Å². The lowest BCUT2D eigenvalue weighted by molar-refractivity contribution is 0.341. The van der Waals surface area contributed by atoms with Crippen LogP contribution in [0.5, 0.6) is 0 Å². The quantitative estimate of drug-likeness (QED) is 0.379. The molecule has 0 radical (unpaired) electrons. The number of aliphatic hydroxyl groups excluding tert-OH is 2. The van der Waals surface area contributed by atoms with Gasteiger partial charge in [-0.15, -0.1) is 0 Å². The molecule has 0 aliphatic carbocycles. The molecule has 0 aliphatic heterocycles. The normalized spacial score (nSPS) is 12.3. The smallest absolute Gasteiger partial charge is 0.0614 e. The molecule has 0 atom stereocenters. The molecule has 0 unspecified atom stereocenters.